The number of halogens is 2. The van der Waals surface area contributed by atoms with Gasteiger partial charge in [0.25, 0.3) is 5.56 Å². The number of nitrogens with zero attached hydrogens (tertiary/aromatic N) is 2. The number of carbonyl (C=O) groups is 1. The van der Waals surface area contributed by atoms with Gasteiger partial charge in [-0.15, -0.1) is 0 Å². The summed E-state index contributed by atoms with van der Waals surface area (Å²) in [5.41, 5.74) is 0.692. The van der Waals surface area contributed by atoms with Gasteiger partial charge in [-0.2, -0.15) is 0 Å². The number of carbonyl (C=O) groups excluding carboxylic acids is 1. The summed E-state index contributed by atoms with van der Waals surface area (Å²) in [5, 5.41) is -0.0298. The maximum atomic E-state index is 13.6. The highest BCUT2D eigenvalue weighted by Gasteiger charge is 2.23. The van der Waals surface area contributed by atoms with Crippen molar-refractivity contribution >= 4 is 28.4 Å². The number of fused-ring (bicyclic) bond motifs is 1. The maximum Gasteiger partial charge on any atom is 0.266 e. The zero-order valence-corrected chi connectivity index (χ0v) is 18.0. The quantitative estimate of drug-likeness (QED) is 0.233. The van der Waals surface area contributed by atoms with E-state index in [1.165, 1.54) is 17.7 Å². The Morgan fingerprint density at radius 1 is 1.03 bits per heavy atom. The van der Waals surface area contributed by atoms with Gasteiger partial charge in [0.1, 0.15) is 5.75 Å². The van der Waals surface area contributed by atoms with Gasteiger partial charge in [-0.1, -0.05) is 36.0 Å². The van der Waals surface area contributed by atoms with Crippen LogP contribution in [0.15, 0.2) is 76.7 Å². The van der Waals surface area contributed by atoms with Gasteiger partial charge < -0.3 is 4.74 Å². The zero-order chi connectivity index (χ0) is 22.8. The molecule has 0 amide bonds. The van der Waals surface area contributed by atoms with Gasteiger partial charge >= 0.3 is 0 Å². The summed E-state index contributed by atoms with van der Waals surface area (Å²) in [6, 6.07) is 16.9. The number of benzene rings is 3. The Balaban J connectivity index is 1.83. The number of hydrogen-bond donors (Lipinski definition) is 0. The lowest BCUT2D eigenvalue weighted by Gasteiger charge is -2.17. The molecule has 1 heterocycles. The normalized spacial score (nSPS) is 12.0. The number of hydrogen-bond acceptors (Lipinski definition) is 5. The lowest BCUT2D eigenvalue weighted by Crippen LogP contribution is -2.24. The van der Waals surface area contributed by atoms with Crippen molar-refractivity contribution in [1.29, 1.82) is 0 Å². The number of Topliss-reactive ketones (excluding diaryl/α,β-unsaturated/α-hetero) is 1. The first-order valence-electron chi connectivity index (χ1n) is 9.72. The number of ether oxygens (including phenoxy) is 1. The summed E-state index contributed by atoms with van der Waals surface area (Å²) in [4.78, 5) is 30.9. The van der Waals surface area contributed by atoms with E-state index in [1.54, 1.807) is 55.5 Å². The fraction of sp³-hybridized carbons (Fsp3) is 0.125. The molecule has 3 aromatic carbocycles. The Hall–Kier alpha value is -3.52. The van der Waals surface area contributed by atoms with Gasteiger partial charge in [-0.25, -0.2) is 13.8 Å². The summed E-state index contributed by atoms with van der Waals surface area (Å²) >= 11 is 1.06. The topological polar surface area (TPSA) is 61.2 Å². The van der Waals surface area contributed by atoms with Crippen LogP contribution in [0.4, 0.5) is 8.78 Å². The number of ketones is 1. The molecule has 0 bridgehead atoms. The number of thioether (sulfide) groups is 1. The summed E-state index contributed by atoms with van der Waals surface area (Å²) in [6.07, 6.45) is 0. The van der Waals surface area contributed by atoms with E-state index in [4.69, 9.17) is 4.74 Å². The smallest absolute Gasteiger partial charge is 0.266 e. The van der Waals surface area contributed by atoms with Crippen LogP contribution in [0, 0.1) is 11.6 Å². The standard InChI is InChI=1S/C24H18F2N2O3S/c1-14(22(29)15-11-12-17(25)18(26)13-15)32-24-27-19-8-4-3-7-16(19)23(30)28(24)20-9-5-6-10-21(20)31-2/h3-14H,1-2H3/t14-/m1/s1. The monoisotopic (exact) mass is 452 g/mol. The Labute approximate surface area is 186 Å². The van der Waals surface area contributed by atoms with Crippen molar-refractivity contribution in [2.75, 3.05) is 7.11 Å². The number of aromatic nitrogens is 2. The Morgan fingerprint density at radius 2 is 1.75 bits per heavy atom. The van der Waals surface area contributed by atoms with Crippen LogP contribution in [0.5, 0.6) is 5.75 Å². The third kappa shape index (κ3) is 4.01. The second kappa shape index (κ2) is 8.92. The first-order valence-corrected chi connectivity index (χ1v) is 10.6. The van der Waals surface area contributed by atoms with Gasteiger partial charge in [0.05, 0.1) is 29.0 Å². The van der Waals surface area contributed by atoms with Gasteiger partial charge in [0.15, 0.2) is 22.6 Å². The van der Waals surface area contributed by atoms with E-state index in [9.17, 15) is 18.4 Å². The fourth-order valence-corrected chi connectivity index (χ4v) is 4.31. The molecule has 4 aromatic rings. The van der Waals surface area contributed by atoms with E-state index >= 15 is 0 Å². The first kappa shape index (κ1) is 21.7. The molecule has 0 spiro atoms. The van der Waals surface area contributed by atoms with Crippen LogP contribution in [0.2, 0.25) is 0 Å². The summed E-state index contributed by atoms with van der Waals surface area (Å²) in [7, 11) is 1.50. The molecule has 0 saturated carbocycles. The molecular weight excluding hydrogens is 434 g/mol. The highest BCUT2D eigenvalue weighted by atomic mass is 32.2. The lowest BCUT2D eigenvalue weighted by atomic mass is 10.1. The minimum atomic E-state index is -1.09. The lowest BCUT2D eigenvalue weighted by molar-refractivity contribution is 0.0993. The Morgan fingerprint density at radius 3 is 2.50 bits per heavy atom. The van der Waals surface area contributed by atoms with E-state index in [0.717, 1.165) is 23.9 Å². The Kier molecular flexibility index (Phi) is 6.05. The van der Waals surface area contributed by atoms with Gasteiger partial charge in [-0.3, -0.25) is 14.2 Å². The molecule has 162 valence electrons. The average molecular weight is 452 g/mol. The van der Waals surface area contributed by atoms with Crippen molar-refractivity contribution in [3.05, 3.63) is 94.3 Å². The molecule has 0 aliphatic carbocycles. The van der Waals surface area contributed by atoms with Crippen LogP contribution in [0.1, 0.15) is 17.3 Å². The van der Waals surface area contributed by atoms with Gasteiger partial charge in [0.2, 0.25) is 0 Å². The van der Waals surface area contributed by atoms with Crippen LogP contribution in [0.3, 0.4) is 0 Å². The van der Waals surface area contributed by atoms with E-state index < -0.39 is 22.7 Å². The van der Waals surface area contributed by atoms with E-state index in [0.29, 0.717) is 22.3 Å². The molecule has 32 heavy (non-hydrogen) atoms. The predicted molar refractivity (Wildman–Crippen MR) is 120 cm³/mol. The molecule has 0 fully saturated rings. The van der Waals surface area contributed by atoms with Crippen LogP contribution in [-0.4, -0.2) is 27.7 Å². The van der Waals surface area contributed by atoms with E-state index in [-0.39, 0.29) is 16.3 Å². The van der Waals surface area contributed by atoms with Gasteiger partial charge in [0, 0.05) is 5.56 Å². The predicted octanol–water partition coefficient (Wildman–Crippen LogP) is 5.04. The second-order valence-electron chi connectivity index (χ2n) is 6.98. The minimum absolute atomic E-state index is 0.0378. The molecule has 0 unspecified atom stereocenters. The van der Waals surface area contributed by atoms with Crippen molar-refractivity contribution in [2.24, 2.45) is 0 Å². The average Bonchev–Trinajstić information content (AvgIpc) is 2.80. The highest BCUT2D eigenvalue weighted by Crippen LogP contribution is 2.30. The summed E-state index contributed by atoms with van der Waals surface area (Å²) in [6.45, 7) is 1.63. The molecule has 4 rings (SSSR count). The molecular formula is C24H18F2N2O3S. The minimum Gasteiger partial charge on any atom is -0.495 e. The molecule has 8 heteroatoms. The van der Waals surface area contributed by atoms with Crippen molar-refractivity contribution in [3.63, 3.8) is 0 Å². The molecule has 0 radical (unpaired) electrons. The molecule has 1 aromatic heterocycles. The molecule has 5 nitrogen and oxygen atoms in total. The van der Waals surface area contributed by atoms with Crippen LogP contribution in [-0.2, 0) is 0 Å². The molecule has 0 N–H and O–H groups in total. The fourth-order valence-electron chi connectivity index (χ4n) is 3.31. The third-order valence-electron chi connectivity index (χ3n) is 4.93. The molecule has 0 aliphatic heterocycles. The SMILES string of the molecule is COc1ccccc1-n1c(S[C@H](C)C(=O)c2ccc(F)c(F)c2)nc2ccccc2c1=O. The number of rotatable bonds is 6. The van der Waals surface area contributed by atoms with Crippen LogP contribution < -0.4 is 10.3 Å². The maximum absolute atomic E-state index is 13.6. The van der Waals surface area contributed by atoms with Crippen molar-refractivity contribution in [2.45, 2.75) is 17.3 Å². The number of para-hydroxylation sites is 3. The molecule has 1 atom stereocenters. The van der Waals surface area contributed by atoms with Crippen molar-refractivity contribution < 1.29 is 18.3 Å². The van der Waals surface area contributed by atoms with Crippen molar-refractivity contribution in [3.8, 4) is 11.4 Å². The first-order chi connectivity index (χ1) is 15.4. The second-order valence-corrected chi connectivity index (χ2v) is 8.29. The summed E-state index contributed by atoms with van der Waals surface area (Å²) in [5.74, 6) is -2.07. The van der Waals surface area contributed by atoms with Crippen LogP contribution in [0.25, 0.3) is 16.6 Å². The van der Waals surface area contributed by atoms with Crippen LogP contribution >= 0.6 is 11.8 Å². The zero-order valence-electron chi connectivity index (χ0n) is 17.2. The third-order valence-corrected chi connectivity index (χ3v) is 5.98. The Bertz CT molecular complexity index is 1390. The van der Waals surface area contributed by atoms with Crippen molar-refractivity contribution in [1.82, 2.24) is 9.55 Å². The van der Waals surface area contributed by atoms with E-state index in [1.807, 2.05) is 0 Å². The number of methoxy groups -OCH3 is 1. The van der Waals surface area contributed by atoms with E-state index in [2.05, 4.69) is 4.98 Å². The van der Waals surface area contributed by atoms with Gasteiger partial charge in [-0.05, 0) is 49.4 Å². The largest absolute Gasteiger partial charge is 0.495 e. The highest BCUT2D eigenvalue weighted by molar-refractivity contribution is 8.00. The molecule has 0 aliphatic rings. The summed E-state index contributed by atoms with van der Waals surface area (Å²) < 4.78 is 33.7. The molecule has 0 saturated heterocycles.